The Labute approximate surface area is 134 Å². The van der Waals surface area contributed by atoms with Crippen molar-refractivity contribution < 1.29 is 13.9 Å². The van der Waals surface area contributed by atoms with E-state index in [1.54, 1.807) is 0 Å². The quantitative estimate of drug-likeness (QED) is 0.778. The Bertz CT molecular complexity index is 743. The number of hydrogen-bond donors (Lipinski definition) is 1. The second-order valence-electron chi connectivity index (χ2n) is 5.63. The Balaban J connectivity index is 1.39. The number of aromatic nitrogens is 1. The maximum Gasteiger partial charge on any atom is 0.400 e. The molecule has 1 aromatic heterocycles. The standard InChI is InChI=1S/C18H18N2O3/c1-2-6-17-16(5-1)20-18(23-17)22-15-9-7-14(8-10-15)21-12-13-4-3-11-19-13/h1-2,5-10,13,19H,3-4,11-12H2. The summed E-state index contributed by atoms with van der Waals surface area (Å²) in [5, 5.41) is 3.41. The predicted molar refractivity (Wildman–Crippen MR) is 87.0 cm³/mol. The SMILES string of the molecule is c1ccc2oc(Oc3ccc(OCC4CCCN4)cc3)nc2c1. The average Bonchev–Trinajstić information content (AvgIpc) is 3.23. The summed E-state index contributed by atoms with van der Waals surface area (Å²) in [4.78, 5) is 4.29. The zero-order valence-corrected chi connectivity index (χ0v) is 12.7. The van der Waals surface area contributed by atoms with Gasteiger partial charge in [-0.05, 0) is 55.8 Å². The molecule has 5 nitrogen and oxygen atoms in total. The molecular formula is C18H18N2O3. The maximum atomic E-state index is 5.79. The Morgan fingerprint density at radius 2 is 1.91 bits per heavy atom. The first-order chi connectivity index (χ1) is 11.4. The molecule has 1 fully saturated rings. The predicted octanol–water partition coefficient (Wildman–Crippen LogP) is 3.75. The molecule has 1 N–H and O–H groups in total. The van der Waals surface area contributed by atoms with Crippen LogP contribution in [0.2, 0.25) is 0 Å². The number of oxazole rings is 1. The Hall–Kier alpha value is -2.53. The van der Waals surface area contributed by atoms with E-state index in [0.717, 1.165) is 17.8 Å². The van der Waals surface area contributed by atoms with E-state index in [1.807, 2.05) is 48.5 Å². The fraction of sp³-hybridized carbons (Fsp3) is 0.278. The summed E-state index contributed by atoms with van der Waals surface area (Å²) in [7, 11) is 0. The van der Waals surface area contributed by atoms with E-state index in [-0.39, 0.29) is 6.08 Å². The van der Waals surface area contributed by atoms with Crippen molar-refractivity contribution in [2.75, 3.05) is 13.2 Å². The van der Waals surface area contributed by atoms with Gasteiger partial charge in [0.15, 0.2) is 5.58 Å². The largest absolute Gasteiger partial charge is 0.492 e. The highest BCUT2D eigenvalue weighted by Crippen LogP contribution is 2.26. The molecule has 1 atom stereocenters. The third-order valence-corrected chi connectivity index (χ3v) is 3.92. The fourth-order valence-corrected chi connectivity index (χ4v) is 2.70. The van der Waals surface area contributed by atoms with Gasteiger partial charge in [0.05, 0.1) is 0 Å². The van der Waals surface area contributed by atoms with Crippen molar-refractivity contribution in [3.05, 3.63) is 48.5 Å². The monoisotopic (exact) mass is 310 g/mol. The van der Waals surface area contributed by atoms with Crippen molar-refractivity contribution in [2.24, 2.45) is 0 Å². The molecule has 118 valence electrons. The summed E-state index contributed by atoms with van der Waals surface area (Å²) in [6.07, 6.45) is 2.65. The van der Waals surface area contributed by atoms with E-state index >= 15 is 0 Å². The molecule has 4 rings (SSSR count). The number of para-hydroxylation sites is 2. The van der Waals surface area contributed by atoms with Gasteiger partial charge in [-0.1, -0.05) is 12.1 Å². The van der Waals surface area contributed by atoms with Crippen molar-refractivity contribution >= 4 is 11.1 Å². The number of rotatable bonds is 5. The van der Waals surface area contributed by atoms with Crippen molar-refractivity contribution in [3.8, 4) is 17.6 Å². The first-order valence-electron chi connectivity index (χ1n) is 7.86. The second kappa shape index (κ2) is 6.30. The number of hydrogen-bond acceptors (Lipinski definition) is 5. The van der Waals surface area contributed by atoms with Crippen LogP contribution in [0.15, 0.2) is 52.9 Å². The van der Waals surface area contributed by atoms with Crippen LogP contribution in [-0.4, -0.2) is 24.2 Å². The van der Waals surface area contributed by atoms with Gasteiger partial charge in [-0.3, -0.25) is 0 Å². The summed E-state index contributed by atoms with van der Waals surface area (Å²) in [6.45, 7) is 1.79. The summed E-state index contributed by atoms with van der Waals surface area (Å²) in [5.74, 6) is 1.51. The molecule has 0 bridgehead atoms. The van der Waals surface area contributed by atoms with Crippen LogP contribution in [0, 0.1) is 0 Å². The number of benzene rings is 2. The Morgan fingerprint density at radius 1 is 1.09 bits per heavy atom. The van der Waals surface area contributed by atoms with E-state index in [9.17, 15) is 0 Å². The summed E-state index contributed by atoms with van der Waals surface area (Å²) in [6, 6.07) is 15.5. The highest BCUT2D eigenvalue weighted by atomic mass is 16.6. The maximum absolute atomic E-state index is 5.79. The molecule has 1 aliphatic heterocycles. The van der Waals surface area contributed by atoms with Crippen LogP contribution in [0.25, 0.3) is 11.1 Å². The first-order valence-corrected chi connectivity index (χ1v) is 7.86. The van der Waals surface area contributed by atoms with Crippen LogP contribution in [-0.2, 0) is 0 Å². The van der Waals surface area contributed by atoms with Crippen LogP contribution in [0.5, 0.6) is 17.6 Å². The van der Waals surface area contributed by atoms with Crippen LogP contribution < -0.4 is 14.8 Å². The van der Waals surface area contributed by atoms with Gasteiger partial charge in [-0.25, -0.2) is 0 Å². The third kappa shape index (κ3) is 3.29. The molecule has 5 heteroatoms. The normalized spacial score (nSPS) is 17.5. The average molecular weight is 310 g/mol. The number of fused-ring (bicyclic) bond motifs is 1. The van der Waals surface area contributed by atoms with Crippen molar-refractivity contribution in [1.82, 2.24) is 10.3 Å². The highest BCUT2D eigenvalue weighted by molar-refractivity contribution is 5.72. The molecule has 0 saturated carbocycles. The number of ether oxygens (including phenoxy) is 2. The molecule has 0 amide bonds. The number of nitrogens with one attached hydrogen (secondary N) is 1. The molecular weight excluding hydrogens is 292 g/mol. The molecule has 1 unspecified atom stereocenters. The fourth-order valence-electron chi connectivity index (χ4n) is 2.70. The van der Waals surface area contributed by atoms with Crippen molar-refractivity contribution in [1.29, 1.82) is 0 Å². The molecule has 1 aliphatic rings. The minimum atomic E-state index is 0.245. The molecule has 23 heavy (non-hydrogen) atoms. The summed E-state index contributed by atoms with van der Waals surface area (Å²) < 4.78 is 17.0. The minimum Gasteiger partial charge on any atom is -0.492 e. The van der Waals surface area contributed by atoms with Gasteiger partial charge in [-0.15, -0.1) is 0 Å². The van der Waals surface area contributed by atoms with Crippen LogP contribution in [0.1, 0.15) is 12.8 Å². The zero-order chi connectivity index (χ0) is 15.5. The topological polar surface area (TPSA) is 56.5 Å². The van der Waals surface area contributed by atoms with E-state index in [2.05, 4.69) is 10.3 Å². The summed E-state index contributed by atoms with van der Waals surface area (Å²) in [5.41, 5.74) is 1.50. The lowest BCUT2D eigenvalue weighted by Crippen LogP contribution is -2.28. The van der Waals surface area contributed by atoms with Crippen molar-refractivity contribution in [3.63, 3.8) is 0 Å². The lowest BCUT2D eigenvalue weighted by molar-refractivity contribution is 0.276. The van der Waals surface area contributed by atoms with Gasteiger partial charge >= 0.3 is 6.08 Å². The molecule has 2 heterocycles. The third-order valence-electron chi connectivity index (χ3n) is 3.92. The van der Waals surface area contributed by atoms with Gasteiger partial charge in [-0.2, -0.15) is 4.98 Å². The molecule has 0 spiro atoms. The van der Waals surface area contributed by atoms with Gasteiger partial charge < -0.3 is 19.2 Å². The molecule has 3 aromatic rings. The van der Waals surface area contributed by atoms with Gasteiger partial charge in [0.25, 0.3) is 0 Å². The van der Waals surface area contributed by atoms with E-state index < -0.39 is 0 Å². The van der Waals surface area contributed by atoms with Gasteiger partial charge in [0, 0.05) is 6.04 Å². The van der Waals surface area contributed by atoms with E-state index in [1.165, 1.54) is 12.8 Å². The molecule has 0 aliphatic carbocycles. The second-order valence-corrected chi connectivity index (χ2v) is 5.63. The zero-order valence-electron chi connectivity index (χ0n) is 12.7. The number of nitrogens with zero attached hydrogens (tertiary/aromatic N) is 1. The minimum absolute atomic E-state index is 0.245. The lowest BCUT2D eigenvalue weighted by Gasteiger charge is -2.12. The molecule has 1 saturated heterocycles. The first kappa shape index (κ1) is 14.1. The Morgan fingerprint density at radius 3 is 2.70 bits per heavy atom. The van der Waals surface area contributed by atoms with Gasteiger partial charge in [0.2, 0.25) is 0 Å². The van der Waals surface area contributed by atoms with Gasteiger partial charge in [0.1, 0.15) is 23.6 Å². The van der Waals surface area contributed by atoms with E-state index in [0.29, 0.717) is 24.0 Å². The highest BCUT2D eigenvalue weighted by Gasteiger charge is 2.14. The van der Waals surface area contributed by atoms with E-state index in [4.69, 9.17) is 13.9 Å². The van der Waals surface area contributed by atoms with Crippen LogP contribution in [0.4, 0.5) is 0 Å². The Kier molecular flexibility index (Phi) is 3.86. The molecule has 0 radical (unpaired) electrons. The van der Waals surface area contributed by atoms with Crippen LogP contribution >= 0.6 is 0 Å². The van der Waals surface area contributed by atoms with Crippen LogP contribution in [0.3, 0.4) is 0 Å². The van der Waals surface area contributed by atoms with Crippen molar-refractivity contribution in [2.45, 2.75) is 18.9 Å². The molecule has 2 aromatic carbocycles. The smallest absolute Gasteiger partial charge is 0.400 e. The lowest BCUT2D eigenvalue weighted by atomic mass is 10.2. The summed E-state index contributed by atoms with van der Waals surface area (Å²) >= 11 is 0.